The first-order valence-corrected chi connectivity index (χ1v) is 6.36. The van der Waals surface area contributed by atoms with Crippen LogP contribution >= 0.6 is 11.8 Å². The number of carbonyl (C=O) groups excluding carboxylic acids is 2. The second kappa shape index (κ2) is 5.28. The normalized spacial score (nSPS) is 26.9. The van der Waals surface area contributed by atoms with E-state index in [1.165, 1.54) is 16.7 Å². The maximum atomic E-state index is 11.9. The molecule has 0 saturated carbocycles. The molecule has 2 fully saturated rings. The zero-order valence-electron chi connectivity index (χ0n) is 10.4. The first-order valence-electron chi connectivity index (χ1n) is 5.31. The number of carboxylic acid groups (broad SMARTS) is 1. The largest absolute Gasteiger partial charge is 1.00 e. The number of carbonyl (C=O) groups is 2. The molecule has 2 atom stereocenters. The fraction of sp³-hybridized carbons (Fsp3) is 0.400. The van der Waals surface area contributed by atoms with Crippen molar-refractivity contribution in [2.45, 2.75) is 11.4 Å². The van der Waals surface area contributed by atoms with Gasteiger partial charge in [0.2, 0.25) is 0 Å². The molecular formula is C10H9N4NaO3S. The van der Waals surface area contributed by atoms with Crippen molar-refractivity contribution in [2.75, 3.05) is 5.75 Å². The van der Waals surface area contributed by atoms with Gasteiger partial charge in [0, 0.05) is 12.8 Å². The summed E-state index contributed by atoms with van der Waals surface area (Å²) in [6.45, 7) is 0. The van der Waals surface area contributed by atoms with Crippen LogP contribution in [-0.4, -0.2) is 48.9 Å². The average molecular weight is 288 g/mol. The van der Waals surface area contributed by atoms with Crippen molar-refractivity contribution >= 4 is 29.7 Å². The Morgan fingerprint density at radius 1 is 1.63 bits per heavy atom. The molecule has 9 heteroatoms. The van der Waals surface area contributed by atoms with Gasteiger partial charge >= 0.3 is 29.6 Å². The number of aromatic nitrogens is 3. The minimum absolute atomic E-state index is 0. The molecule has 94 valence electrons. The zero-order valence-corrected chi connectivity index (χ0v) is 13.3. The summed E-state index contributed by atoms with van der Waals surface area (Å²) < 4.78 is 1.54. The molecule has 0 aromatic carbocycles. The topological polar surface area (TPSA) is 91.2 Å². The van der Waals surface area contributed by atoms with E-state index in [-0.39, 0.29) is 40.8 Å². The van der Waals surface area contributed by atoms with E-state index in [2.05, 4.69) is 10.3 Å². The van der Waals surface area contributed by atoms with Crippen molar-refractivity contribution in [1.82, 2.24) is 19.9 Å². The molecule has 3 heterocycles. The first-order chi connectivity index (χ1) is 8.58. The van der Waals surface area contributed by atoms with E-state index in [0.717, 1.165) is 0 Å². The predicted molar refractivity (Wildman–Crippen MR) is 60.9 cm³/mol. The first kappa shape index (κ1) is 14.6. The number of carboxylic acids is 1. The maximum absolute atomic E-state index is 11.9. The average Bonchev–Trinajstić information content (AvgIpc) is 2.89. The number of aliphatic carboxylic acids is 1. The second-order valence-electron chi connectivity index (χ2n) is 4.15. The molecule has 1 aromatic rings. The van der Waals surface area contributed by atoms with Crippen LogP contribution in [0.5, 0.6) is 0 Å². The van der Waals surface area contributed by atoms with Gasteiger partial charge < -0.3 is 14.8 Å². The van der Waals surface area contributed by atoms with Crippen molar-refractivity contribution in [1.29, 1.82) is 0 Å². The van der Waals surface area contributed by atoms with Gasteiger partial charge in [-0.05, 0) is 6.08 Å². The molecule has 0 spiro atoms. The second-order valence-corrected chi connectivity index (χ2v) is 5.26. The molecule has 0 aliphatic carbocycles. The number of hydrogen-bond acceptors (Lipinski definition) is 6. The summed E-state index contributed by atoms with van der Waals surface area (Å²) in [6, 6.07) is -0.813. The van der Waals surface area contributed by atoms with E-state index in [4.69, 9.17) is 0 Å². The van der Waals surface area contributed by atoms with Gasteiger partial charge in [-0.1, -0.05) is 5.21 Å². The number of amides is 1. The van der Waals surface area contributed by atoms with E-state index < -0.39 is 12.0 Å². The summed E-state index contributed by atoms with van der Waals surface area (Å²) in [4.78, 5) is 24.1. The van der Waals surface area contributed by atoms with E-state index in [1.54, 1.807) is 24.0 Å². The van der Waals surface area contributed by atoms with Crippen LogP contribution in [0, 0.1) is 0 Å². The monoisotopic (exact) mass is 288 g/mol. The SMILES string of the molecule is Cn1cc(/C=C2/C(=O)N3C(C(=O)[O-])CSC23)nn1.[Na+]. The molecule has 1 aromatic heterocycles. The molecule has 2 unspecified atom stereocenters. The summed E-state index contributed by atoms with van der Waals surface area (Å²) in [6.07, 6.45) is 3.35. The molecule has 7 nitrogen and oxygen atoms in total. The minimum atomic E-state index is -1.20. The van der Waals surface area contributed by atoms with Crippen molar-refractivity contribution in [3.8, 4) is 0 Å². The molecule has 2 aliphatic heterocycles. The summed E-state index contributed by atoms with van der Waals surface area (Å²) in [7, 11) is 1.74. The third-order valence-corrected chi connectivity index (χ3v) is 4.25. The van der Waals surface area contributed by atoms with E-state index in [9.17, 15) is 14.7 Å². The minimum Gasteiger partial charge on any atom is -0.548 e. The van der Waals surface area contributed by atoms with E-state index in [0.29, 0.717) is 17.0 Å². The Kier molecular flexibility index (Phi) is 4.05. The Hall–Kier alpha value is -0.830. The summed E-state index contributed by atoms with van der Waals surface area (Å²) in [5.41, 5.74) is 1.17. The van der Waals surface area contributed by atoms with Gasteiger partial charge in [0.1, 0.15) is 11.1 Å². The van der Waals surface area contributed by atoms with E-state index in [1.807, 2.05) is 0 Å². The number of fused-ring (bicyclic) bond motifs is 1. The number of β-lactam (4-membered cyclic amide) rings is 1. The third kappa shape index (κ3) is 2.33. The van der Waals surface area contributed by atoms with Gasteiger partial charge in [-0.25, -0.2) is 0 Å². The van der Waals surface area contributed by atoms with Gasteiger partial charge in [-0.2, -0.15) is 0 Å². The van der Waals surface area contributed by atoms with Gasteiger partial charge in [-0.3, -0.25) is 9.48 Å². The maximum Gasteiger partial charge on any atom is 1.00 e. The van der Waals surface area contributed by atoms with Crippen LogP contribution in [0.25, 0.3) is 6.08 Å². The van der Waals surface area contributed by atoms with E-state index >= 15 is 0 Å². The van der Waals surface area contributed by atoms with Crippen LogP contribution in [0.4, 0.5) is 0 Å². The van der Waals surface area contributed by atoms with Crippen molar-refractivity contribution < 1.29 is 44.3 Å². The predicted octanol–water partition coefficient (Wildman–Crippen LogP) is -4.76. The molecule has 0 N–H and O–H groups in total. The number of hydrogen-bond donors (Lipinski definition) is 0. The number of aryl methyl sites for hydroxylation is 1. The molecule has 19 heavy (non-hydrogen) atoms. The van der Waals surface area contributed by atoms with Gasteiger partial charge in [-0.15, -0.1) is 16.9 Å². The molecule has 3 rings (SSSR count). The third-order valence-electron chi connectivity index (χ3n) is 2.94. The van der Waals surface area contributed by atoms with Gasteiger partial charge in [0.05, 0.1) is 23.8 Å². The fourth-order valence-corrected chi connectivity index (χ4v) is 3.50. The number of thioether (sulfide) groups is 1. The molecule has 1 amide bonds. The summed E-state index contributed by atoms with van der Waals surface area (Å²) >= 11 is 1.43. The number of nitrogens with zero attached hydrogens (tertiary/aromatic N) is 4. The van der Waals surface area contributed by atoms with Crippen LogP contribution in [0.15, 0.2) is 11.8 Å². The van der Waals surface area contributed by atoms with Crippen LogP contribution < -0.4 is 34.7 Å². The Balaban J connectivity index is 0.00000133. The Bertz CT molecular complexity index is 573. The zero-order chi connectivity index (χ0) is 12.9. The molecule has 2 aliphatic rings. The summed E-state index contributed by atoms with van der Waals surface area (Å²) in [5.74, 6) is -1.09. The fourth-order valence-electron chi connectivity index (χ4n) is 2.09. The molecule has 0 bridgehead atoms. The van der Waals surface area contributed by atoms with Crippen molar-refractivity contribution in [3.05, 3.63) is 17.5 Å². The van der Waals surface area contributed by atoms with Crippen LogP contribution in [0.2, 0.25) is 0 Å². The quantitative estimate of drug-likeness (QED) is 0.308. The summed E-state index contributed by atoms with van der Waals surface area (Å²) in [5, 5.41) is 18.3. The van der Waals surface area contributed by atoms with Crippen molar-refractivity contribution in [3.63, 3.8) is 0 Å². The van der Waals surface area contributed by atoms with Gasteiger partial charge in [0.25, 0.3) is 5.91 Å². The van der Waals surface area contributed by atoms with Gasteiger partial charge in [0.15, 0.2) is 0 Å². The van der Waals surface area contributed by atoms with Crippen molar-refractivity contribution in [2.24, 2.45) is 7.05 Å². The Morgan fingerprint density at radius 3 is 2.95 bits per heavy atom. The molecule has 2 saturated heterocycles. The Morgan fingerprint density at radius 2 is 2.37 bits per heavy atom. The molecule has 0 radical (unpaired) electrons. The Labute approximate surface area is 135 Å². The van der Waals surface area contributed by atoms with Crippen LogP contribution in [0.1, 0.15) is 5.69 Å². The standard InChI is InChI=1S/C10H10N4O3S.Na/c1-13-3-5(11-12-13)2-6-8(15)14-7(10(16)17)4-18-9(6)14;/h2-3,7,9H,4H2,1H3,(H,16,17);/q;+1/p-1/b6-2-;. The van der Waals surface area contributed by atoms with Crippen LogP contribution in [0.3, 0.4) is 0 Å². The molecular weight excluding hydrogens is 279 g/mol. The van der Waals surface area contributed by atoms with Crippen LogP contribution in [-0.2, 0) is 16.6 Å². The smallest absolute Gasteiger partial charge is 0.548 e. The number of rotatable bonds is 2.